The van der Waals surface area contributed by atoms with Crippen LogP contribution < -0.4 is 5.32 Å². The van der Waals surface area contributed by atoms with Crippen molar-refractivity contribution in [1.82, 2.24) is 4.90 Å². The quantitative estimate of drug-likeness (QED) is 0.599. The van der Waals surface area contributed by atoms with Gasteiger partial charge in [-0.1, -0.05) is 23.7 Å². The summed E-state index contributed by atoms with van der Waals surface area (Å²) in [7, 11) is 1.40. The molecule has 1 N–H and O–H groups in total. The number of rotatable bonds is 6. The lowest BCUT2D eigenvalue weighted by atomic mass is 10.1. The number of nitrogens with one attached hydrogen (secondary N) is 1. The second-order valence-electron chi connectivity index (χ2n) is 6.55. The highest BCUT2D eigenvalue weighted by atomic mass is 35.5. The molecule has 30 heavy (non-hydrogen) atoms. The molecule has 0 unspecified atom stereocenters. The maximum Gasteiger partial charge on any atom is 0.375 e. The van der Waals surface area contributed by atoms with Gasteiger partial charge >= 0.3 is 5.97 Å². The van der Waals surface area contributed by atoms with E-state index in [1.165, 1.54) is 31.3 Å². The van der Waals surface area contributed by atoms with E-state index in [0.717, 1.165) is 4.90 Å². The molecular weight excluding hydrogens is 415 g/mol. The number of hydrogen-bond donors (Lipinski definition) is 1. The van der Waals surface area contributed by atoms with Crippen molar-refractivity contribution in [3.63, 3.8) is 0 Å². The Morgan fingerprint density at radius 1 is 1.17 bits per heavy atom. The van der Waals surface area contributed by atoms with Crippen LogP contribution in [0.15, 0.2) is 46.9 Å². The van der Waals surface area contributed by atoms with Gasteiger partial charge in [-0.25, -0.2) is 9.18 Å². The second kappa shape index (κ2) is 8.96. The molecule has 3 aromatic rings. The zero-order valence-electron chi connectivity index (χ0n) is 16.2. The van der Waals surface area contributed by atoms with Crippen molar-refractivity contribution >= 4 is 46.0 Å². The number of ether oxygens (including phenoxy) is 1. The molecule has 0 saturated carbocycles. The molecule has 2 aromatic carbocycles. The molecule has 0 aliphatic heterocycles. The predicted octanol–water partition coefficient (Wildman–Crippen LogP) is 3.79. The third-order valence-corrected chi connectivity index (χ3v) is 4.66. The number of halogens is 2. The molecule has 0 atom stereocenters. The first kappa shape index (κ1) is 21.3. The first-order chi connectivity index (χ1) is 14.3. The van der Waals surface area contributed by atoms with Crippen LogP contribution in [0.25, 0.3) is 11.0 Å². The number of furan rings is 1. The molecule has 156 valence electrons. The van der Waals surface area contributed by atoms with Crippen LogP contribution in [0.2, 0.25) is 5.02 Å². The van der Waals surface area contributed by atoms with E-state index in [1.807, 2.05) is 0 Å². The van der Waals surface area contributed by atoms with Crippen molar-refractivity contribution in [3.8, 4) is 0 Å². The van der Waals surface area contributed by atoms with Crippen LogP contribution in [0.5, 0.6) is 0 Å². The van der Waals surface area contributed by atoms with Gasteiger partial charge in [-0.15, -0.1) is 0 Å². The average molecular weight is 433 g/mol. The van der Waals surface area contributed by atoms with Crippen LogP contribution in [-0.2, 0) is 14.3 Å². The molecule has 0 radical (unpaired) electrons. The Kier molecular flexibility index (Phi) is 6.37. The number of benzene rings is 2. The lowest BCUT2D eigenvalue weighted by molar-refractivity contribution is -0.136. The van der Waals surface area contributed by atoms with Crippen LogP contribution in [-0.4, -0.2) is 42.9 Å². The molecule has 0 saturated heterocycles. The zero-order valence-corrected chi connectivity index (χ0v) is 17.0. The van der Waals surface area contributed by atoms with Crippen molar-refractivity contribution in [2.75, 3.05) is 25.5 Å². The fraction of sp³-hybridized carbons (Fsp3) is 0.190. The first-order valence-electron chi connectivity index (χ1n) is 8.90. The third kappa shape index (κ3) is 4.77. The summed E-state index contributed by atoms with van der Waals surface area (Å²) in [5.41, 5.74) is 1.31. The molecule has 2 amide bonds. The number of carbonyl (C=O) groups is 3. The van der Waals surface area contributed by atoms with Crippen LogP contribution in [0, 0.1) is 12.7 Å². The normalized spacial score (nSPS) is 10.7. The number of carbonyl (C=O) groups excluding carboxylic acids is 3. The molecule has 3 rings (SSSR count). The minimum atomic E-state index is -0.808. The van der Waals surface area contributed by atoms with Gasteiger partial charge in [0.2, 0.25) is 11.7 Å². The van der Waals surface area contributed by atoms with Gasteiger partial charge in [-0.05, 0) is 37.3 Å². The summed E-state index contributed by atoms with van der Waals surface area (Å²) in [5.74, 6) is -2.33. The largest absolute Gasteiger partial charge is 0.450 e. The number of likely N-dealkylation sites (N-methyl/N-ethyl adjacent to an activating group) is 1. The van der Waals surface area contributed by atoms with E-state index in [0.29, 0.717) is 27.2 Å². The summed E-state index contributed by atoms with van der Waals surface area (Å²) >= 11 is 6.07. The van der Waals surface area contributed by atoms with Crippen molar-refractivity contribution < 1.29 is 27.9 Å². The van der Waals surface area contributed by atoms with E-state index in [4.69, 9.17) is 20.8 Å². The van der Waals surface area contributed by atoms with E-state index in [-0.39, 0.29) is 12.3 Å². The fourth-order valence-electron chi connectivity index (χ4n) is 2.74. The lowest BCUT2D eigenvalue weighted by Crippen LogP contribution is -2.37. The zero-order chi connectivity index (χ0) is 21.8. The Hall–Kier alpha value is -3.39. The number of fused-ring (bicyclic) bond motifs is 1. The second-order valence-corrected chi connectivity index (χ2v) is 6.96. The van der Waals surface area contributed by atoms with Gasteiger partial charge in [-0.3, -0.25) is 9.59 Å². The standard InChI is InChI=1S/C21H18ClFN2O5/c1-12-15-4-3-5-16(22)20(15)30-19(12)21(28)29-11-18(27)25(2)10-17(26)24-14-8-6-13(23)7-9-14/h3-9H,10-11H2,1-2H3,(H,24,26). The number of esters is 1. The van der Waals surface area contributed by atoms with Crippen molar-refractivity contribution in [3.05, 3.63) is 64.6 Å². The Bertz CT molecular complexity index is 1110. The summed E-state index contributed by atoms with van der Waals surface area (Å²) < 4.78 is 23.4. The third-order valence-electron chi connectivity index (χ3n) is 4.36. The van der Waals surface area contributed by atoms with Gasteiger partial charge in [0.15, 0.2) is 12.2 Å². The van der Waals surface area contributed by atoms with Gasteiger partial charge in [-0.2, -0.15) is 0 Å². The molecule has 0 fully saturated rings. The molecule has 1 aromatic heterocycles. The Balaban J connectivity index is 1.55. The smallest absolute Gasteiger partial charge is 0.375 e. The molecule has 0 aliphatic carbocycles. The summed E-state index contributed by atoms with van der Waals surface area (Å²) in [5, 5.41) is 3.57. The van der Waals surface area contributed by atoms with E-state index < -0.39 is 30.2 Å². The van der Waals surface area contributed by atoms with E-state index >= 15 is 0 Å². The highest BCUT2D eigenvalue weighted by Gasteiger charge is 2.22. The van der Waals surface area contributed by atoms with Gasteiger partial charge in [0.05, 0.1) is 11.6 Å². The SMILES string of the molecule is Cc1c(C(=O)OCC(=O)N(C)CC(=O)Nc2ccc(F)cc2)oc2c(Cl)cccc12. The fourth-order valence-corrected chi connectivity index (χ4v) is 2.96. The van der Waals surface area contributed by atoms with E-state index in [9.17, 15) is 18.8 Å². The Morgan fingerprint density at radius 3 is 2.53 bits per heavy atom. The molecule has 7 nitrogen and oxygen atoms in total. The topological polar surface area (TPSA) is 88.9 Å². The number of nitrogens with zero attached hydrogens (tertiary/aromatic N) is 1. The van der Waals surface area contributed by atoms with Crippen LogP contribution in [0.3, 0.4) is 0 Å². The monoisotopic (exact) mass is 432 g/mol. The minimum absolute atomic E-state index is 0.0393. The van der Waals surface area contributed by atoms with Gasteiger partial charge < -0.3 is 19.4 Å². The average Bonchev–Trinajstić information content (AvgIpc) is 3.05. The van der Waals surface area contributed by atoms with Gasteiger partial charge in [0.25, 0.3) is 5.91 Å². The highest BCUT2D eigenvalue weighted by Crippen LogP contribution is 2.30. The predicted molar refractivity (Wildman–Crippen MR) is 109 cm³/mol. The van der Waals surface area contributed by atoms with Gasteiger partial charge in [0.1, 0.15) is 5.82 Å². The Morgan fingerprint density at radius 2 is 1.87 bits per heavy atom. The summed E-state index contributed by atoms with van der Waals surface area (Å²) in [6.07, 6.45) is 0. The van der Waals surface area contributed by atoms with E-state index in [1.54, 1.807) is 25.1 Å². The molecule has 1 heterocycles. The van der Waals surface area contributed by atoms with Crippen LogP contribution in [0.1, 0.15) is 16.1 Å². The van der Waals surface area contributed by atoms with Crippen molar-refractivity contribution in [1.29, 1.82) is 0 Å². The number of para-hydroxylation sites is 1. The summed E-state index contributed by atoms with van der Waals surface area (Å²) in [6, 6.07) is 10.3. The molecule has 0 spiro atoms. The van der Waals surface area contributed by atoms with Crippen LogP contribution in [0.4, 0.5) is 10.1 Å². The summed E-state index contributed by atoms with van der Waals surface area (Å²) in [6.45, 7) is 0.850. The van der Waals surface area contributed by atoms with Crippen molar-refractivity contribution in [2.24, 2.45) is 0 Å². The van der Waals surface area contributed by atoms with Gasteiger partial charge in [0, 0.05) is 23.7 Å². The van der Waals surface area contributed by atoms with E-state index in [2.05, 4.69) is 5.32 Å². The summed E-state index contributed by atoms with van der Waals surface area (Å²) in [4.78, 5) is 37.6. The van der Waals surface area contributed by atoms with Crippen molar-refractivity contribution in [2.45, 2.75) is 6.92 Å². The maximum absolute atomic E-state index is 12.9. The Labute approximate surface area is 176 Å². The van der Waals surface area contributed by atoms with Crippen LogP contribution >= 0.6 is 11.6 Å². The molecule has 9 heteroatoms. The molecule has 0 aliphatic rings. The lowest BCUT2D eigenvalue weighted by Gasteiger charge is -2.16. The number of aryl methyl sites for hydroxylation is 1. The number of hydrogen-bond acceptors (Lipinski definition) is 5. The number of anilines is 1. The highest BCUT2D eigenvalue weighted by molar-refractivity contribution is 6.35. The first-order valence-corrected chi connectivity index (χ1v) is 9.28. The number of amides is 2. The molecule has 0 bridgehead atoms. The maximum atomic E-state index is 12.9. The molecular formula is C21H18ClFN2O5. The minimum Gasteiger partial charge on any atom is -0.450 e.